The Morgan fingerprint density at radius 3 is 2.40 bits per heavy atom. The number of nitrogens with one attached hydrogen (secondary N) is 1. The number of aryl methyl sites for hydroxylation is 1. The Bertz CT molecular complexity index is 942. The van der Waals surface area contributed by atoms with Crippen molar-refractivity contribution in [2.75, 3.05) is 19.0 Å². The Balaban J connectivity index is 1.40. The second-order valence-corrected chi connectivity index (χ2v) is 7.98. The normalized spacial score (nSPS) is 10.5. The summed E-state index contributed by atoms with van der Waals surface area (Å²) in [7, 11) is 1.63. The summed E-state index contributed by atoms with van der Waals surface area (Å²) in [6, 6.07) is 24.0. The predicted molar refractivity (Wildman–Crippen MR) is 124 cm³/mol. The fraction of sp³-hybridized carbons (Fsp3) is 0.240. The largest absolute Gasteiger partial charge is 0.497 e. The smallest absolute Gasteiger partial charge is 0.224 e. The van der Waals surface area contributed by atoms with Gasteiger partial charge in [-0.05, 0) is 66.9 Å². The van der Waals surface area contributed by atoms with Gasteiger partial charge in [-0.15, -0.1) is 11.8 Å². The summed E-state index contributed by atoms with van der Waals surface area (Å²) in [4.78, 5) is 13.5. The van der Waals surface area contributed by atoms with Gasteiger partial charge < -0.3 is 14.8 Å². The summed E-state index contributed by atoms with van der Waals surface area (Å²) in [5.41, 5.74) is 3.18. The van der Waals surface area contributed by atoms with Crippen LogP contribution in [0.1, 0.15) is 24.0 Å². The quantitative estimate of drug-likeness (QED) is 0.318. The van der Waals surface area contributed by atoms with Gasteiger partial charge in [0.15, 0.2) is 0 Å². The van der Waals surface area contributed by atoms with Gasteiger partial charge >= 0.3 is 0 Å². The summed E-state index contributed by atoms with van der Waals surface area (Å²) >= 11 is 1.81. The molecule has 0 saturated carbocycles. The number of anilines is 1. The van der Waals surface area contributed by atoms with Crippen LogP contribution >= 0.6 is 11.8 Å². The summed E-state index contributed by atoms with van der Waals surface area (Å²) in [6.45, 7) is 2.52. The predicted octanol–water partition coefficient (Wildman–Crippen LogP) is 6.09. The maximum Gasteiger partial charge on any atom is 0.224 e. The van der Waals surface area contributed by atoms with E-state index in [2.05, 4.69) is 29.6 Å². The van der Waals surface area contributed by atoms with E-state index in [0.717, 1.165) is 28.5 Å². The molecule has 0 aliphatic heterocycles. The molecule has 0 saturated heterocycles. The van der Waals surface area contributed by atoms with Crippen molar-refractivity contribution in [2.24, 2.45) is 0 Å². The van der Waals surface area contributed by atoms with E-state index in [0.29, 0.717) is 19.4 Å². The number of carbonyl (C=O) groups is 1. The van der Waals surface area contributed by atoms with Gasteiger partial charge in [0.1, 0.15) is 11.5 Å². The van der Waals surface area contributed by atoms with E-state index in [1.807, 2.05) is 67.2 Å². The molecule has 1 amide bonds. The Kier molecular flexibility index (Phi) is 8.21. The van der Waals surface area contributed by atoms with Crippen LogP contribution in [0.3, 0.4) is 0 Å². The summed E-state index contributed by atoms with van der Waals surface area (Å²) in [5.74, 6) is 2.47. The topological polar surface area (TPSA) is 47.6 Å². The number of carbonyl (C=O) groups excluding carboxylic acids is 1. The third-order valence-electron chi connectivity index (χ3n) is 4.59. The zero-order valence-electron chi connectivity index (χ0n) is 17.4. The van der Waals surface area contributed by atoms with Crippen molar-refractivity contribution in [1.82, 2.24) is 0 Å². The molecular formula is C25H27NO3S. The van der Waals surface area contributed by atoms with Gasteiger partial charge in [0.05, 0.1) is 13.7 Å². The van der Waals surface area contributed by atoms with E-state index in [1.54, 1.807) is 7.11 Å². The molecule has 0 aromatic heterocycles. The van der Waals surface area contributed by atoms with Crippen LogP contribution in [0.2, 0.25) is 0 Å². The highest BCUT2D eigenvalue weighted by molar-refractivity contribution is 7.98. The summed E-state index contributed by atoms with van der Waals surface area (Å²) in [6.07, 6.45) is 1.07. The summed E-state index contributed by atoms with van der Waals surface area (Å²) < 4.78 is 10.8. The molecule has 4 nitrogen and oxygen atoms in total. The molecule has 0 unspecified atom stereocenters. The van der Waals surface area contributed by atoms with Crippen LogP contribution in [-0.4, -0.2) is 19.6 Å². The molecule has 0 bridgehead atoms. The Hall–Kier alpha value is -2.92. The molecule has 1 N–H and O–H groups in total. The zero-order valence-corrected chi connectivity index (χ0v) is 18.2. The van der Waals surface area contributed by atoms with Crippen molar-refractivity contribution in [3.05, 3.63) is 83.9 Å². The van der Waals surface area contributed by atoms with Crippen molar-refractivity contribution in [3.63, 3.8) is 0 Å². The number of rotatable bonds is 10. The van der Waals surface area contributed by atoms with E-state index in [1.165, 1.54) is 10.5 Å². The van der Waals surface area contributed by atoms with Crippen LogP contribution in [0.25, 0.3) is 0 Å². The number of hydrogen-bond acceptors (Lipinski definition) is 4. The van der Waals surface area contributed by atoms with Crippen LogP contribution in [-0.2, 0) is 10.5 Å². The van der Waals surface area contributed by atoms with Crippen LogP contribution < -0.4 is 14.8 Å². The van der Waals surface area contributed by atoms with Crippen molar-refractivity contribution >= 4 is 23.4 Å². The van der Waals surface area contributed by atoms with E-state index in [-0.39, 0.29) is 5.91 Å². The first-order valence-electron chi connectivity index (χ1n) is 9.98. The highest BCUT2D eigenvalue weighted by atomic mass is 32.2. The molecular weight excluding hydrogens is 394 g/mol. The van der Waals surface area contributed by atoms with Gasteiger partial charge in [0.2, 0.25) is 5.91 Å². The van der Waals surface area contributed by atoms with E-state index >= 15 is 0 Å². The molecule has 156 valence electrons. The zero-order chi connectivity index (χ0) is 21.2. The Morgan fingerprint density at radius 1 is 0.967 bits per heavy atom. The number of methoxy groups -OCH3 is 1. The van der Waals surface area contributed by atoms with Crippen molar-refractivity contribution < 1.29 is 14.3 Å². The minimum absolute atomic E-state index is 0.00263. The number of amides is 1. The molecule has 0 fully saturated rings. The molecule has 30 heavy (non-hydrogen) atoms. The minimum atomic E-state index is 0.00263. The molecule has 0 heterocycles. The van der Waals surface area contributed by atoms with Gasteiger partial charge in [-0.25, -0.2) is 0 Å². The number of thioether (sulfide) groups is 1. The lowest BCUT2D eigenvalue weighted by molar-refractivity contribution is -0.116. The Labute approximate surface area is 182 Å². The minimum Gasteiger partial charge on any atom is -0.497 e. The monoisotopic (exact) mass is 421 g/mol. The molecule has 0 radical (unpaired) electrons. The first-order chi connectivity index (χ1) is 14.6. The number of hydrogen-bond donors (Lipinski definition) is 1. The standard InChI is InChI=1S/C25H27NO3S/c1-19-17-20(18-30-23-7-4-3-5-8-23)10-15-24(19)26-25(27)9-6-16-29-22-13-11-21(28-2)12-14-22/h3-5,7-8,10-15,17H,6,9,16,18H2,1-2H3,(H,26,27). The van der Waals surface area contributed by atoms with Gasteiger partial charge in [0, 0.05) is 22.8 Å². The van der Waals surface area contributed by atoms with E-state index in [4.69, 9.17) is 9.47 Å². The van der Waals surface area contributed by atoms with Crippen molar-refractivity contribution in [3.8, 4) is 11.5 Å². The SMILES string of the molecule is COc1ccc(OCCCC(=O)Nc2ccc(CSc3ccccc3)cc2C)cc1. The van der Waals surface area contributed by atoms with Crippen LogP contribution in [0, 0.1) is 6.92 Å². The molecule has 3 aromatic carbocycles. The average Bonchev–Trinajstić information content (AvgIpc) is 2.78. The molecule has 0 spiro atoms. The third-order valence-corrected chi connectivity index (χ3v) is 5.67. The first kappa shape index (κ1) is 21.8. The molecule has 3 aromatic rings. The second kappa shape index (κ2) is 11.3. The molecule has 0 aliphatic rings. The Morgan fingerprint density at radius 2 is 1.70 bits per heavy atom. The molecule has 3 rings (SSSR count). The highest BCUT2D eigenvalue weighted by Crippen LogP contribution is 2.25. The fourth-order valence-corrected chi connectivity index (χ4v) is 3.81. The lowest BCUT2D eigenvalue weighted by atomic mass is 10.1. The number of ether oxygens (including phenoxy) is 2. The maximum absolute atomic E-state index is 12.3. The van der Waals surface area contributed by atoms with Crippen molar-refractivity contribution in [1.29, 1.82) is 0 Å². The lowest BCUT2D eigenvalue weighted by Crippen LogP contribution is -2.13. The highest BCUT2D eigenvalue weighted by Gasteiger charge is 2.06. The van der Waals surface area contributed by atoms with Gasteiger partial charge in [-0.1, -0.05) is 30.3 Å². The summed E-state index contributed by atoms with van der Waals surface area (Å²) in [5, 5.41) is 3.01. The lowest BCUT2D eigenvalue weighted by Gasteiger charge is -2.11. The van der Waals surface area contributed by atoms with Gasteiger partial charge in [-0.3, -0.25) is 4.79 Å². The van der Waals surface area contributed by atoms with E-state index in [9.17, 15) is 4.79 Å². The third kappa shape index (κ3) is 6.85. The average molecular weight is 422 g/mol. The van der Waals surface area contributed by atoms with Crippen LogP contribution in [0.15, 0.2) is 77.7 Å². The van der Waals surface area contributed by atoms with Crippen molar-refractivity contribution in [2.45, 2.75) is 30.4 Å². The molecule has 5 heteroatoms. The first-order valence-corrected chi connectivity index (χ1v) is 11.0. The van der Waals surface area contributed by atoms with Crippen LogP contribution in [0.5, 0.6) is 11.5 Å². The number of benzene rings is 3. The van der Waals surface area contributed by atoms with Crippen LogP contribution in [0.4, 0.5) is 5.69 Å². The second-order valence-electron chi connectivity index (χ2n) is 6.93. The molecule has 0 atom stereocenters. The molecule has 0 aliphatic carbocycles. The van der Waals surface area contributed by atoms with Gasteiger partial charge in [-0.2, -0.15) is 0 Å². The maximum atomic E-state index is 12.3. The van der Waals surface area contributed by atoms with E-state index < -0.39 is 0 Å². The van der Waals surface area contributed by atoms with Gasteiger partial charge in [0.25, 0.3) is 0 Å². The fourth-order valence-electron chi connectivity index (χ4n) is 2.95.